The van der Waals surface area contributed by atoms with Gasteiger partial charge in [0.1, 0.15) is 17.0 Å². The van der Waals surface area contributed by atoms with Crippen molar-refractivity contribution in [1.82, 2.24) is 9.97 Å². The Morgan fingerprint density at radius 1 is 1.57 bits per heavy atom. The molecule has 1 N–H and O–H groups in total. The van der Waals surface area contributed by atoms with Crippen molar-refractivity contribution in [2.75, 3.05) is 11.9 Å². The molecule has 0 saturated carbocycles. The van der Waals surface area contributed by atoms with Gasteiger partial charge in [-0.25, -0.2) is 9.97 Å². The summed E-state index contributed by atoms with van der Waals surface area (Å²) in [4.78, 5) is 9.35. The minimum absolute atomic E-state index is 0.487. The largest absolute Gasteiger partial charge is 0.359 e. The van der Waals surface area contributed by atoms with Crippen molar-refractivity contribution in [3.05, 3.63) is 17.3 Å². The summed E-state index contributed by atoms with van der Waals surface area (Å²) in [6.07, 6.45) is 6.73. The number of terminal acetylenes is 1. The summed E-state index contributed by atoms with van der Waals surface area (Å²) < 4.78 is 0. The van der Waals surface area contributed by atoms with Crippen molar-refractivity contribution in [2.45, 2.75) is 6.92 Å². The van der Waals surface area contributed by atoms with Gasteiger partial charge in [0.05, 0.1) is 11.9 Å². The third-order valence-corrected chi connectivity index (χ3v) is 2.92. The quantitative estimate of drug-likeness (QED) is 0.759. The van der Waals surface area contributed by atoms with Crippen molar-refractivity contribution >= 4 is 27.4 Å². The van der Waals surface area contributed by atoms with E-state index in [4.69, 9.17) is 6.42 Å². The molecule has 14 heavy (non-hydrogen) atoms. The topological polar surface area (TPSA) is 37.8 Å². The molecule has 2 aromatic rings. The number of hydrogen-bond acceptors (Lipinski definition) is 4. The van der Waals surface area contributed by atoms with E-state index in [1.807, 2.05) is 6.92 Å². The molecule has 0 aliphatic rings. The zero-order valence-corrected chi connectivity index (χ0v) is 8.56. The fraction of sp³-hybridized carbons (Fsp3) is 0.200. The number of anilines is 1. The van der Waals surface area contributed by atoms with Gasteiger partial charge in [-0.2, -0.15) is 0 Å². The van der Waals surface area contributed by atoms with Crippen LogP contribution in [-0.2, 0) is 0 Å². The van der Waals surface area contributed by atoms with Gasteiger partial charge in [0.25, 0.3) is 0 Å². The lowest BCUT2D eigenvalue weighted by atomic mass is 10.2. The number of thiophene rings is 1. The van der Waals surface area contributed by atoms with E-state index in [0.717, 1.165) is 16.0 Å². The molecular formula is C10H9N3S. The third kappa shape index (κ3) is 1.42. The molecule has 2 aromatic heterocycles. The maximum atomic E-state index is 5.18. The Morgan fingerprint density at radius 2 is 2.43 bits per heavy atom. The van der Waals surface area contributed by atoms with Crippen LogP contribution in [0.25, 0.3) is 10.2 Å². The number of nitrogens with zero attached hydrogens (tertiary/aromatic N) is 2. The second-order valence-corrected chi connectivity index (χ2v) is 3.74. The molecule has 0 fully saturated rings. The molecule has 0 saturated heterocycles. The second kappa shape index (κ2) is 3.64. The molecule has 0 bridgehead atoms. The summed E-state index contributed by atoms with van der Waals surface area (Å²) in [5.41, 5.74) is 1.19. The average molecular weight is 203 g/mol. The minimum atomic E-state index is 0.487. The van der Waals surface area contributed by atoms with Crippen LogP contribution in [0.2, 0.25) is 0 Å². The fourth-order valence-corrected chi connectivity index (χ4v) is 2.18. The van der Waals surface area contributed by atoms with Crippen LogP contribution in [0.3, 0.4) is 0 Å². The summed E-state index contributed by atoms with van der Waals surface area (Å²) in [5, 5.41) is 6.23. The summed E-state index contributed by atoms with van der Waals surface area (Å²) in [5.74, 6) is 3.35. The van der Waals surface area contributed by atoms with Crippen LogP contribution in [0, 0.1) is 19.3 Å². The predicted molar refractivity (Wildman–Crippen MR) is 59.5 cm³/mol. The molecule has 4 heteroatoms. The van der Waals surface area contributed by atoms with E-state index in [0.29, 0.717) is 6.54 Å². The number of hydrogen-bond donors (Lipinski definition) is 1. The monoisotopic (exact) mass is 203 g/mol. The Balaban J connectivity index is 2.53. The maximum absolute atomic E-state index is 5.18. The number of aryl methyl sites for hydroxylation is 1. The van der Waals surface area contributed by atoms with E-state index < -0.39 is 0 Å². The number of rotatable bonds is 2. The normalized spacial score (nSPS) is 10.0. The van der Waals surface area contributed by atoms with Crippen molar-refractivity contribution in [3.63, 3.8) is 0 Å². The molecule has 0 atom stereocenters. The number of aromatic nitrogens is 2. The Kier molecular flexibility index (Phi) is 2.33. The molecule has 2 rings (SSSR count). The Labute approximate surface area is 86.2 Å². The van der Waals surface area contributed by atoms with Gasteiger partial charge in [0, 0.05) is 0 Å². The Morgan fingerprint density at radius 3 is 3.21 bits per heavy atom. The van der Waals surface area contributed by atoms with E-state index in [2.05, 4.69) is 26.6 Å². The second-order valence-electron chi connectivity index (χ2n) is 2.88. The summed E-state index contributed by atoms with van der Waals surface area (Å²) in [6.45, 7) is 2.53. The minimum Gasteiger partial charge on any atom is -0.359 e. The first kappa shape index (κ1) is 8.97. The fourth-order valence-electron chi connectivity index (χ4n) is 1.29. The van der Waals surface area contributed by atoms with Gasteiger partial charge in [0.15, 0.2) is 0 Å². The molecule has 0 spiro atoms. The molecule has 3 nitrogen and oxygen atoms in total. The molecule has 70 valence electrons. The highest BCUT2D eigenvalue weighted by molar-refractivity contribution is 7.17. The lowest BCUT2D eigenvalue weighted by molar-refractivity contribution is 1.20. The summed E-state index contributed by atoms with van der Waals surface area (Å²) in [7, 11) is 0. The van der Waals surface area contributed by atoms with Crippen molar-refractivity contribution in [1.29, 1.82) is 0 Å². The zero-order valence-electron chi connectivity index (χ0n) is 7.74. The van der Waals surface area contributed by atoms with E-state index in [-0.39, 0.29) is 0 Å². The highest BCUT2D eigenvalue weighted by atomic mass is 32.1. The van der Waals surface area contributed by atoms with Crippen LogP contribution < -0.4 is 5.32 Å². The van der Waals surface area contributed by atoms with Crippen LogP contribution in [-0.4, -0.2) is 16.5 Å². The van der Waals surface area contributed by atoms with Gasteiger partial charge in [-0.15, -0.1) is 17.8 Å². The number of fused-ring (bicyclic) bond motifs is 1. The Bertz CT molecular complexity index is 496. The smallest absolute Gasteiger partial charge is 0.139 e. The average Bonchev–Trinajstić information content (AvgIpc) is 2.58. The standard InChI is InChI=1S/C10H9N3S/c1-3-4-11-9-8-7(2)5-14-10(8)13-6-12-9/h1,5-6H,4H2,2H3,(H,11,12,13). The van der Waals surface area contributed by atoms with Crippen LogP contribution in [0.5, 0.6) is 0 Å². The van der Waals surface area contributed by atoms with Gasteiger partial charge in [-0.3, -0.25) is 0 Å². The summed E-state index contributed by atoms with van der Waals surface area (Å²) >= 11 is 1.62. The highest BCUT2D eigenvalue weighted by Crippen LogP contribution is 2.27. The van der Waals surface area contributed by atoms with Crippen molar-refractivity contribution in [2.24, 2.45) is 0 Å². The Hall–Kier alpha value is -1.60. The lowest BCUT2D eigenvalue weighted by Crippen LogP contribution is -2.01. The molecular weight excluding hydrogens is 194 g/mol. The van der Waals surface area contributed by atoms with Gasteiger partial charge >= 0.3 is 0 Å². The van der Waals surface area contributed by atoms with E-state index >= 15 is 0 Å². The van der Waals surface area contributed by atoms with Gasteiger partial charge in [0.2, 0.25) is 0 Å². The van der Waals surface area contributed by atoms with Crippen LogP contribution in [0.4, 0.5) is 5.82 Å². The van der Waals surface area contributed by atoms with E-state index in [1.54, 1.807) is 17.7 Å². The lowest BCUT2D eigenvalue weighted by Gasteiger charge is -2.02. The first-order valence-electron chi connectivity index (χ1n) is 4.19. The van der Waals surface area contributed by atoms with Crippen LogP contribution in [0.15, 0.2) is 11.7 Å². The predicted octanol–water partition coefficient (Wildman–Crippen LogP) is 2.04. The van der Waals surface area contributed by atoms with Crippen LogP contribution in [0.1, 0.15) is 5.56 Å². The zero-order chi connectivity index (χ0) is 9.97. The maximum Gasteiger partial charge on any atom is 0.139 e. The molecule has 0 unspecified atom stereocenters. The third-order valence-electron chi connectivity index (χ3n) is 1.91. The molecule has 0 aromatic carbocycles. The molecule has 0 aliphatic carbocycles. The van der Waals surface area contributed by atoms with Gasteiger partial charge in [-0.1, -0.05) is 5.92 Å². The first-order chi connectivity index (χ1) is 6.83. The van der Waals surface area contributed by atoms with Crippen molar-refractivity contribution in [3.8, 4) is 12.3 Å². The highest BCUT2D eigenvalue weighted by Gasteiger charge is 2.06. The first-order valence-corrected chi connectivity index (χ1v) is 5.07. The molecule has 0 radical (unpaired) electrons. The van der Waals surface area contributed by atoms with Crippen LogP contribution >= 0.6 is 11.3 Å². The molecule has 2 heterocycles. The van der Waals surface area contributed by atoms with Gasteiger partial charge in [-0.05, 0) is 17.9 Å². The van der Waals surface area contributed by atoms with E-state index in [1.165, 1.54) is 5.56 Å². The number of nitrogens with one attached hydrogen (secondary N) is 1. The van der Waals surface area contributed by atoms with Crippen molar-refractivity contribution < 1.29 is 0 Å². The SMILES string of the molecule is C#CCNc1ncnc2scc(C)c12. The van der Waals surface area contributed by atoms with Gasteiger partial charge < -0.3 is 5.32 Å². The molecule has 0 amide bonds. The van der Waals surface area contributed by atoms with E-state index in [9.17, 15) is 0 Å². The summed E-state index contributed by atoms with van der Waals surface area (Å²) in [6, 6.07) is 0. The molecule has 0 aliphatic heterocycles.